The average molecular weight is 422 g/mol. The Balaban J connectivity index is 0.00000264. The molecule has 0 saturated heterocycles. The highest BCUT2D eigenvalue weighted by Crippen LogP contribution is 2.37. The Morgan fingerprint density at radius 1 is 1.30 bits per heavy atom. The highest BCUT2D eigenvalue weighted by molar-refractivity contribution is 9.10. The summed E-state index contributed by atoms with van der Waals surface area (Å²) in [6.07, 6.45) is 0. The molecule has 0 aliphatic carbocycles. The van der Waals surface area contributed by atoms with Crippen molar-refractivity contribution < 1.29 is 27.0 Å². The van der Waals surface area contributed by atoms with Gasteiger partial charge < -0.3 is 32.3 Å². The zero-order valence-corrected chi connectivity index (χ0v) is 16.0. The summed E-state index contributed by atoms with van der Waals surface area (Å²) in [5.74, 6) is 1.45. The largest absolute Gasteiger partial charge is 1.00 e. The monoisotopic (exact) mass is 420 g/mol. The number of hydrogen-bond acceptors (Lipinski definition) is 5. The molecule has 1 heterocycles. The van der Waals surface area contributed by atoms with Gasteiger partial charge in [0.15, 0.2) is 11.5 Å². The summed E-state index contributed by atoms with van der Waals surface area (Å²) in [6, 6.07) is 8.04. The van der Waals surface area contributed by atoms with Crippen LogP contribution in [0.25, 0.3) is 0 Å². The molecule has 7 heteroatoms. The average Bonchev–Trinajstić information content (AvgIpc) is 3.00. The molecule has 2 N–H and O–H groups in total. The van der Waals surface area contributed by atoms with Crippen molar-refractivity contribution in [3.05, 3.63) is 44.6 Å². The van der Waals surface area contributed by atoms with E-state index in [0.29, 0.717) is 26.3 Å². The van der Waals surface area contributed by atoms with Gasteiger partial charge in [0.25, 0.3) is 0 Å². The first-order valence-corrected chi connectivity index (χ1v) is 8.83. The van der Waals surface area contributed by atoms with Crippen molar-refractivity contribution in [1.82, 2.24) is 5.32 Å². The third kappa shape index (κ3) is 6.31. The van der Waals surface area contributed by atoms with Crippen molar-refractivity contribution in [2.45, 2.75) is 20.1 Å². The van der Waals surface area contributed by atoms with E-state index in [-0.39, 0.29) is 19.0 Å². The summed E-state index contributed by atoms with van der Waals surface area (Å²) in [4.78, 5) is 1.17. The fraction of sp³-hybridized carbons (Fsp3) is 0.375. The molecule has 2 rings (SSSR count). The Morgan fingerprint density at radius 3 is 2.78 bits per heavy atom. The third-order valence-electron chi connectivity index (χ3n) is 2.93. The molecule has 0 aliphatic rings. The Labute approximate surface area is 155 Å². The molecule has 23 heavy (non-hydrogen) atoms. The Hall–Kier alpha value is -0.790. The van der Waals surface area contributed by atoms with Crippen LogP contribution in [0.1, 0.15) is 17.4 Å². The van der Waals surface area contributed by atoms with Gasteiger partial charge in [-0.1, -0.05) is 6.07 Å². The number of hydrogen-bond donors (Lipinski definition) is 2. The minimum Gasteiger partial charge on any atom is -1.00 e. The Morgan fingerprint density at radius 2 is 2.13 bits per heavy atom. The van der Waals surface area contributed by atoms with Gasteiger partial charge in [0.05, 0.1) is 17.7 Å². The van der Waals surface area contributed by atoms with Crippen LogP contribution in [0.3, 0.4) is 0 Å². The number of thiophene rings is 1. The Kier molecular flexibility index (Phi) is 9.59. The van der Waals surface area contributed by atoms with Crippen LogP contribution < -0.4 is 27.2 Å². The van der Waals surface area contributed by atoms with E-state index >= 15 is 0 Å². The molecule has 0 atom stereocenters. The zero-order chi connectivity index (χ0) is 15.8. The van der Waals surface area contributed by atoms with E-state index in [2.05, 4.69) is 21.2 Å². The van der Waals surface area contributed by atoms with Gasteiger partial charge in [-0.25, -0.2) is 0 Å². The lowest BCUT2D eigenvalue weighted by Gasteiger charge is -2.15. The van der Waals surface area contributed by atoms with E-state index in [0.717, 1.165) is 21.5 Å². The second-order valence-electron chi connectivity index (χ2n) is 4.61. The number of benzene rings is 1. The van der Waals surface area contributed by atoms with Crippen molar-refractivity contribution in [1.29, 1.82) is 0 Å². The van der Waals surface area contributed by atoms with Crippen LogP contribution >= 0.6 is 27.3 Å². The molecule has 0 spiro atoms. The van der Waals surface area contributed by atoms with Crippen LogP contribution in [0.2, 0.25) is 0 Å². The van der Waals surface area contributed by atoms with E-state index in [4.69, 9.17) is 14.6 Å². The molecule has 0 saturated carbocycles. The van der Waals surface area contributed by atoms with Gasteiger partial charge in [0, 0.05) is 18.0 Å². The SMILES string of the molecule is CCOc1cc(CNCCO)cc(Br)c1OCc1cccs1.[Cl-]. The van der Waals surface area contributed by atoms with Crippen LogP contribution in [0.5, 0.6) is 11.5 Å². The highest BCUT2D eigenvalue weighted by atomic mass is 79.9. The van der Waals surface area contributed by atoms with Gasteiger partial charge in [-0.3, -0.25) is 0 Å². The summed E-state index contributed by atoms with van der Waals surface area (Å²) < 4.78 is 12.5. The lowest BCUT2D eigenvalue weighted by molar-refractivity contribution is -0.00000618. The predicted octanol–water partition coefficient (Wildman–Crippen LogP) is 0.574. The van der Waals surface area contributed by atoms with Crippen molar-refractivity contribution in [3.63, 3.8) is 0 Å². The molecule has 2 aromatic rings. The highest BCUT2D eigenvalue weighted by Gasteiger charge is 2.12. The normalized spacial score (nSPS) is 10.2. The third-order valence-corrected chi connectivity index (χ3v) is 4.36. The van der Waals surface area contributed by atoms with E-state index in [1.165, 1.54) is 4.88 Å². The van der Waals surface area contributed by atoms with Gasteiger partial charge in [0.1, 0.15) is 6.61 Å². The maximum absolute atomic E-state index is 8.83. The van der Waals surface area contributed by atoms with E-state index in [1.807, 2.05) is 36.6 Å². The second kappa shape index (κ2) is 10.9. The maximum Gasteiger partial charge on any atom is 0.175 e. The molecular weight excluding hydrogens is 402 g/mol. The van der Waals surface area contributed by atoms with Crippen LogP contribution in [0, 0.1) is 0 Å². The molecule has 128 valence electrons. The van der Waals surface area contributed by atoms with Gasteiger partial charge in [-0.15, -0.1) is 11.3 Å². The van der Waals surface area contributed by atoms with Crippen molar-refractivity contribution in [3.8, 4) is 11.5 Å². The Bertz CT molecular complexity index is 581. The predicted molar refractivity (Wildman–Crippen MR) is 92.8 cm³/mol. The first-order valence-electron chi connectivity index (χ1n) is 7.16. The van der Waals surface area contributed by atoms with Crippen LogP contribution in [0.15, 0.2) is 34.1 Å². The molecule has 0 radical (unpaired) electrons. The maximum atomic E-state index is 8.83. The number of aliphatic hydroxyl groups excluding tert-OH is 1. The van der Waals surface area contributed by atoms with E-state index < -0.39 is 0 Å². The zero-order valence-electron chi connectivity index (χ0n) is 12.9. The summed E-state index contributed by atoms with van der Waals surface area (Å²) in [7, 11) is 0. The number of ether oxygens (including phenoxy) is 2. The lowest BCUT2D eigenvalue weighted by atomic mass is 10.2. The quantitative estimate of drug-likeness (QED) is 0.582. The first-order chi connectivity index (χ1) is 10.7. The van der Waals surface area contributed by atoms with Crippen LogP contribution in [-0.2, 0) is 13.2 Å². The topological polar surface area (TPSA) is 50.7 Å². The molecule has 1 aromatic heterocycles. The fourth-order valence-electron chi connectivity index (χ4n) is 1.98. The number of aliphatic hydroxyl groups is 1. The lowest BCUT2D eigenvalue weighted by Crippen LogP contribution is -3.00. The van der Waals surface area contributed by atoms with Gasteiger partial charge in [-0.05, 0) is 52.0 Å². The minimum atomic E-state index is 0. The standard InChI is InChI=1S/C16H20BrNO3S.ClH/c1-2-20-15-9-12(10-18-5-6-19)8-14(17)16(15)21-11-13-4-3-7-22-13;/h3-4,7-9,18-19H,2,5-6,10-11H2,1H3;1H/p-1. The summed E-state index contributed by atoms with van der Waals surface area (Å²) in [5.41, 5.74) is 1.08. The first kappa shape index (κ1) is 20.3. The van der Waals surface area contributed by atoms with E-state index in [1.54, 1.807) is 11.3 Å². The molecule has 0 unspecified atom stereocenters. The van der Waals surface area contributed by atoms with Crippen LogP contribution in [0.4, 0.5) is 0 Å². The fourth-order valence-corrected chi connectivity index (χ4v) is 3.20. The molecule has 0 fully saturated rings. The molecule has 1 aromatic carbocycles. The smallest absolute Gasteiger partial charge is 0.175 e. The minimum absolute atomic E-state index is 0. The van der Waals surface area contributed by atoms with Crippen molar-refractivity contribution >= 4 is 27.3 Å². The molecule has 0 bridgehead atoms. The van der Waals surface area contributed by atoms with E-state index in [9.17, 15) is 0 Å². The molecule has 4 nitrogen and oxygen atoms in total. The van der Waals surface area contributed by atoms with Crippen molar-refractivity contribution in [2.75, 3.05) is 19.8 Å². The summed E-state index contributed by atoms with van der Waals surface area (Å²) in [6.45, 7) is 4.42. The number of rotatable bonds is 9. The second-order valence-corrected chi connectivity index (χ2v) is 6.49. The number of halogens is 2. The van der Waals surface area contributed by atoms with Crippen LogP contribution in [-0.4, -0.2) is 24.9 Å². The van der Waals surface area contributed by atoms with Crippen molar-refractivity contribution in [2.24, 2.45) is 0 Å². The van der Waals surface area contributed by atoms with Gasteiger partial charge in [-0.2, -0.15) is 0 Å². The van der Waals surface area contributed by atoms with Gasteiger partial charge in [0.2, 0.25) is 0 Å². The molecular formula is C16H20BrClNO3S-. The summed E-state index contributed by atoms with van der Waals surface area (Å²) >= 11 is 5.23. The van der Waals surface area contributed by atoms with Gasteiger partial charge >= 0.3 is 0 Å². The number of nitrogens with one attached hydrogen (secondary N) is 1. The molecule has 0 aliphatic heterocycles. The summed E-state index contributed by atoms with van der Waals surface area (Å²) in [5, 5.41) is 14.0. The molecule has 0 amide bonds.